The van der Waals surface area contributed by atoms with Crippen LogP contribution in [0.5, 0.6) is 0 Å². The Hall–Kier alpha value is -6.68. The van der Waals surface area contributed by atoms with Gasteiger partial charge in [-0.3, -0.25) is 0 Å². The van der Waals surface area contributed by atoms with Crippen molar-refractivity contribution in [3.05, 3.63) is 207 Å². The second kappa shape index (κ2) is 12.7. The van der Waals surface area contributed by atoms with Crippen molar-refractivity contribution in [2.45, 2.75) is 44.4 Å². The maximum Gasteiger partial charge on any atom is 0.0541 e. The number of hydrogen-bond acceptors (Lipinski definition) is 1. The van der Waals surface area contributed by atoms with Crippen LogP contribution in [-0.2, 0) is 5.41 Å². The van der Waals surface area contributed by atoms with Crippen LogP contribution in [0, 0.1) is 0 Å². The van der Waals surface area contributed by atoms with Crippen LogP contribution in [0.3, 0.4) is 0 Å². The summed E-state index contributed by atoms with van der Waals surface area (Å²) < 4.78 is 6.42. The van der Waals surface area contributed by atoms with Crippen LogP contribution in [-0.4, -0.2) is 9.13 Å². The minimum absolute atomic E-state index is 0.0470. The SMILES string of the molecule is CC1(C)c2ccccc2-c2ccc(C3CC(n4c5c(c6ccccc64)=C(c4ccc6c(c4)c4ccccc4n6-c4ccccc4)CCC=5)=Cc4c3sc3ccccc43)cc21. The number of allylic oxidation sites excluding steroid dienone is 1. The molecule has 0 N–H and O–H groups in total. The van der Waals surface area contributed by atoms with Gasteiger partial charge in [-0.2, -0.15) is 0 Å². The molecule has 3 heterocycles. The zero-order valence-electron chi connectivity index (χ0n) is 33.7. The lowest BCUT2D eigenvalue weighted by Gasteiger charge is -2.27. The van der Waals surface area contributed by atoms with Gasteiger partial charge in [-0.25, -0.2) is 0 Å². The Kier molecular flexibility index (Phi) is 7.22. The number of rotatable bonds is 4. The molecule has 0 amide bonds. The lowest BCUT2D eigenvalue weighted by molar-refractivity contribution is 0.657. The molecule has 0 saturated carbocycles. The standard InChI is InChI=1S/C57H42N2S/c1-57(2)48-22-10-6-17-40(48)41-29-27-36(32-49(41)57)45-33-38(34-47-43-19-9-13-26-54(43)60-56(45)47)59-51-24-12-8-20-44(51)55-39(21-14-25-53(55)59)35-28-30-52-46(31-35)42-18-7-11-23-50(42)58(52)37-15-4-3-5-16-37/h3-13,15-20,22-32,34,45H,14,21,33H2,1-2H3. The fourth-order valence-corrected chi connectivity index (χ4v) is 12.6. The minimum atomic E-state index is -0.0470. The molecule has 0 spiro atoms. The Morgan fingerprint density at radius 1 is 0.583 bits per heavy atom. The number of aromatic nitrogens is 2. The fourth-order valence-electron chi connectivity index (χ4n) is 11.2. The molecule has 3 aliphatic carbocycles. The van der Waals surface area contributed by atoms with E-state index in [-0.39, 0.29) is 11.3 Å². The molecular weight excluding hydrogens is 745 g/mol. The molecule has 0 aliphatic heterocycles. The summed E-state index contributed by atoms with van der Waals surface area (Å²) in [5.41, 5.74) is 17.5. The van der Waals surface area contributed by atoms with Crippen molar-refractivity contribution in [2.75, 3.05) is 0 Å². The molecule has 60 heavy (non-hydrogen) atoms. The van der Waals surface area contributed by atoms with Crippen molar-refractivity contribution in [2.24, 2.45) is 0 Å². The van der Waals surface area contributed by atoms with E-state index in [1.54, 1.807) is 0 Å². The highest BCUT2D eigenvalue weighted by Gasteiger charge is 2.37. The molecule has 1 atom stereocenters. The molecule has 0 bridgehead atoms. The van der Waals surface area contributed by atoms with E-state index >= 15 is 0 Å². The Labute approximate surface area is 353 Å². The molecule has 3 heteroatoms. The zero-order valence-corrected chi connectivity index (χ0v) is 34.6. The van der Waals surface area contributed by atoms with E-state index in [1.165, 1.54) is 114 Å². The number of thiophene rings is 1. The van der Waals surface area contributed by atoms with Gasteiger partial charge in [0.25, 0.3) is 0 Å². The van der Waals surface area contributed by atoms with Crippen molar-refractivity contribution in [3.63, 3.8) is 0 Å². The summed E-state index contributed by atoms with van der Waals surface area (Å²) in [6.45, 7) is 4.81. The van der Waals surface area contributed by atoms with Crippen molar-refractivity contribution >= 4 is 77.6 Å². The summed E-state index contributed by atoms with van der Waals surface area (Å²) in [4.78, 5) is 1.48. The van der Waals surface area contributed by atoms with E-state index in [9.17, 15) is 0 Å². The topological polar surface area (TPSA) is 9.86 Å². The van der Waals surface area contributed by atoms with Gasteiger partial charge in [-0.15, -0.1) is 11.3 Å². The summed E-state index contributed by atoms with van der Waals surface area (Å²) >= 11 is 1.99. The monoisotopic (exact) mass is 786 g/mol. The van der Waals surface area contributed by atoms with Crippen molar-refractivity contribution in [1.82, 2.24) is 9.13 Å². The average Bonchev–Trinajstić information content (AvgIpc) is 4.01. The molecule has 286 valence electrons. The third-order valence-electron chi connectivity index (χ3n) is 14.0. The highest BCUT2D eigenvalue weighted by molar-refractivity contribution is 7.19. The van der Waals surface area contributed by atoms with E-state index in [0.717, 1.165) is 19.3 Å². The molecular formula is C57H42N2S. The molecule has 0 saturated heterocycles. The van der Waals surface area contributed by atoms with E-state index < -0.39 is 0 Å². The molecule has 0 radical (unpaired) electrons. The predicted octanol–water partition coefficient (Wildman–Crippen LogP) is 13.6. The van der Waals surface area contributed by atoms with E-state index in [0.29, 0.717) is 0 Å². The molecule has 3 aliphatic rings. The number of fused-ring (bicyclic) bond motifs is 12. The van der Waals surface area contributed by atoms with Crippen LogP contribution in [0.25, 0.3) is 83.0 Å². The Morgan fingerprint density at radius 3 is 2.15 bits per heavy atom. The zero-order chi connectivity index (χ0) is 39.7. The van der Waals surface area contributed by atoms with E-state index in [2.05, 4.69) is 199 Å². The Balaban J connectivity index is 1.02. The highest BCUT2D eigenvalue weighted by Crippen LogP contribution is 2.52. The molecule has 10 aromatic rings. The van der Waals surface area contributed by atoms with Gasteiger partial charge >= 0.3 is 0 Å². The number of hydrogen-bond donors (Lipinski definition) is 0. The normalized spacial score (nSPS) is 16.5. The molecule has 13 rings (SSSR count). The Bertz CT molecular complexity index is 3610. The maximum absolute atomic E-state index is 2.64. The lowest BCUT2D eigenvalue weighted by atomic mass is 9.79. The first-order valence-corrected chi connectivity index (χ1v) is 22.2. The lowest BCUT2D eigenvalue weighted by Crippen LogP contribution is -2.33. The van der Waals surface area contributed by atoms with Gasteiger partial charge in [0, 0.05) is 59.1 Å². The predicted molar refractivity (Wildman–Crippen MR) is 255 cm³/mol. The van der Waals surface area contributed by atoms with Crippen LogP contribution < -0.4 is 10.6 Å². The fraction of sp³-hybridized carbons (Fsp3) is 0.123. The molecule has 7 aromatic carbocycles. The van der Waals surface area contributed by atoms with Gasteiger partial charge in [0.2, 0.25) is 0 Å². The second-order valence-corrected chi connectivity index (χ2v) is 18.6. The first-order valence-electron chi connectivity index (χ1n) is 21.4. The van der Waals surface area contributed by atoms with Gasteiger partial charge in [0.1, 0.15) is 0 Å². The van der Waals surface area contributed by atoms with Crippen molar-refractivity contribution < 1.29 is 0 Å². The van der Waals surface area contributed by atoms with Crippen LogP contribution in [0.1, 0.15) is 71.7 Å². The van der Waals surface area contributed by atoms with Crippen LogP contribution in [0.2, 0.25) is 0 Å². The molecule has 3 aromatic heterocycles. The summed E-state index contributed by atoms with van der Waals surface area (Å²) in [5.74, 6) is 0.246. The van der Waals surface area contributed by atoms with Crippen LogP contribution in [0.15, 0.2) is 164 Å². The minimum Gasteiger partial charge on any atom is -0.313 e. The van der Waals surface area contributed by atoms with E-state index in [1.807, 2.05) is 11.3 Å². The second-order valence-electron chi connectivity index (χ2n) is 17.5. The quantitative estimate of drug-likeness (QED) is 0.168. The van der Waals surface area contributed by atoms with Crippen LogP contribution >= 0.6 is 11.3 Å². The van der Waals surface area contributed by atoms with Gasteiger partial charge in [-0.05, 0) is 112 Å². The number of para-hydroxylation sites is 3. The van der Waals surface area contributed by atoms with Crippen LogP contribution in [0.4, 0.5) is 0 Å². The summed E-state index contributed by atoms with van der Waals surface area (Å²) in [5, 5.41) is 8.01. The summed E-state index contributed by atoms with van der Waals surface area (Å²) in [6.07, 6.45) is 8.01. The van der Waals surface area contributed by atoms with E-state index in [4.69, 9.17) is 0 Å². The van der Waals surface area contributed by atoms with Crippen molar-refractivity contribution in [1.29, 1.82) is 0 Å². The number of nitrogens with zero attached hydrogens (tertiary/aromatic N) is 2. The van der Waals surface area contributed by atoms with Gasteiger partial charge in [0.05, 0.1) is 21.9 Å². The Morgan fingerprint density at radius 2 is 1.28 bits per heavy atom. The maximum atomic E-state index is 2.64. The molecule has 0 fully saturated rings. The summed E-state index contributed by atoms with van der Waals surface area (Å²) in [7, 11) is 0. The molecule has 1 unspecified atom stereocenters. The third kappa shape index (κ3) is 4.75. The van der Waals surface area contributed by atoms with Crippen molar-refractivity contribution in [3.8, 4) is 16.8 Å². The molecule has 2 nitrogen and oxygen atoms in total. The van der Waals surface area contributed by atoms with Gasteiger partial charge in [-0.1, -0.05) is 141 Å². The van der Waals surface area contributed by atoms with Gasteiger partial charge in [0.15, 0.2) is 0 Å². The summed E-state index contributed by atoms with van der Waals surface area (Å²) in [6, 6.07) is 61.5. The average molecular weight is 787 g/mol. The first kappa shape index (κ1) is 34.2. The smallest absolute Gasteiger partial charge is 0.0541 e. The third-order valence-corrected chi connectivity index (χ3v) is 15.3. The van der Waals surface area contributed by atoms with Gasteiger partial charge < -0.3 is 9.13 Å². The largest absolute Gasteiger partial charge is 0.313 e. The first-order chi connectivity index (χ1) is 29.5. The number of benzene rings is 7. The highest BCUT2D eigenvalue weighted by atomic mass is 32.1.